The van der Waals surface area contributed by atoms with E-state index in [9.17, 15) is 9.59 Å². The third-order valence-electron chi connectivity index (χ3n) is 4.98. The topological polar surface area (TPSA) is 73.5 Å². The number of nitrogens with one attached hydrogen (secondary N) is 3. The molecule has 3 rings (SSSR count). The molecule has 3 N–H and O–H groups in total. The Kier molecular flexibility index (Phi) is 6.75. The van der Waals surface area contributed by atoms with Crippen molar-refractivity contribution in [1.82, 2.24) is 10.6 Å². The first-order valence-electron chi connectivity index (χ1n) is 10.3. The maximum Gasteiger partial charge on any atom is 0.319 e. The predicted molar refractivity (Wildman–Crippen MR) is 118 cm³/mol. The summed E-state index contributed by atoms with van der Waals surface area (Å²) in [6, 6.07) is 13.7. The van der Waals surface area contributed by atoms with Crippen molar-refractivity contribution in [3.8, 4) is 0 Å². The molecule has 0 saturated heterocycles. The van der Waals surface area contributed by atoms with Gasteiger partial charge in [-0.2, -0.15) is 0 Å². The zero-order valence-electron chi connectivity index (χ0n) is 17.4. The molecule has 2 aromatic rings. The van der Waals surface area contributed by atoms with Crippen LogP contribution in [0, 0.1) is 5.92 Å². The number of fused-ring (bicyclic) bond motifs is 1. The van der Waals surface area contributed by atoms with Gasteiger partial charge in [-0.3, -0.25) is 4.79 Å². The monoisotopic (exact) mass is 394 g/mol. The van der Waals surface area contributed by atoms with Crippen LogP contribution >= 0.6 is 0 Å². The Morgan fingerprint density at radius 3 is 2.55 bits per heavy atom. The molecule has 0 fully saturated rings. The summed E-state index contributed by atoms with van der Waals surface area (Å²) in [6.45, 7) is 8.76. The molecule has 0 spiro atoms. The van der Waals surface area contributed by atoms with Crippen LogP contribution in [0.15, 0.2) is 42.5 Å². The standard InChI is InChI=1S/C23H30N4O2/c1-4-24-23(29)26-19-9-10-21(20(13-19)22(28)25-14-16(2)3)27-12-11-17-7-5-6-8-18(17)15-27/h5-10,13,16H,4,11-12,14-15H2,1-3H3,(H,25,28)(H2,24,26,29). The van der Waals surface area contributed by atoms with Crippen molar-refractivity contribution in [2.24, 2.45) is 5.92 Å². The lowest BCUT2D eigenvalue weighted by molar-refractivity contribution is 0.0949. The Labute approximate surface area is 172 Å². The number of hydrogen-bond acceptors (Lipinski definition) is 3. The molecule has 6 heteroatoms. The second kappa shape index (κ2) is 9.45. The number of benzene rings is 2. The summed E-state index contributed by atoms with van der Waals surface area (Å²) < 4.78 is 0. The maximum absolute atomic E-state index is 13.0. The van der Waals surface area contributed by atoms with Crippen LogP contribution in [0.4, 0.5) is 16.2 Å². The van der Waals surface area contributed by atoms with E-state index >= 15 is 0 Å². The quantitative estimate of drug-likeness (QED) is 0.698. The third kappa shape index (κ3) is 5.28. The number of rotatable bonds is 6. The Bertz CT molecular complexity index is 879. The van der Waals surface area contributed by atoms with Gasteiger partial charge in [0.2, 0.25) is 0 Å². The summed E-state index contributed by atoms with van der Waals surface area (Å²) in [6.07, 6.45) is 0.947. The van der Waals surface area contributed by atoms with Gasteiger partial charge in [-0.05, 0) is 48.6 Å². The maximum atomic E-state index is 13.0. The SMILES string of the molecule is CCNC(=O)Nc1ccc(N2CCc3ccccc3C2)c(C(=O)NCC(C)C)c1. The highest BCUT2D eigenvalue weighted by atomic mass is 16.2. The lowest BCUT2D eigenvalue weighted by atomic mass is 9.98. The van der Waals surface area contributed by atoms with Crippen molar-refractivity contribution < 1.29 is 9.59 Å². The van der Waals surface area contributed by atoms with Gasteiger partial charge in [-0.15, -0.1) is 0 Å². The van der Waals surface area contributed by atoms with E-state index in [1.54, 1.807) is 6.07 Å². The molecule has 0 aromatic heterocycles. The molecule has 0 atom stereocenters. The fraction of sp³-hybridized carbons (Fsp3) is 0.391. The number of nitrogens with zero attached hydrogens (tertiary/aromatic N) is 1. The van der Waals surface area contributed by atoms with Crippen molar-refractivity contribution in [3.63, 3.8) is 0 Å². The van der Waals surface area contributed by atoms with Gasteiger partial charge in [-0.25, -0.2) is 4.79 Å². The highest BCUT2D eigenvalue weighted by molar-refractivity contribution is 6.02. The van der Waals surface area contributed by atoms with E-state index in [0.717, 1.165) is 25.2 Å². The summed E-state index contributed by atoms with van der Waals surface area (Å²) >= 11 is 0. The number of amides is 3. The highest BCUT2D eigenvalue weighted by Crippen LogP contribution is 2.29. The van der Waals surface area contributed by atoms with Gasteiger partial charge in [0.25, 0.3) is 5.91 Å². The van der Waals surface area contributed by atoms with E-state index in [1.807, 2.05) is 19.1 Å². The molecule has 154 valence electrons. The van der Waals surface area contributed by atoms with Gasteiger partial charge in [-0.1, -0.05) is 38.1 Å². The van der Waals surface area contributed by atoms with Crippen LogP contribution in [0.1, 0.15) is 42.3 Å². The molecule has 0 saturated carbocycles. The summed E-state index contributed by atoms with van der Waals surface area (Å²) in [4.78, 5) is 27.1. The van der Waals surface area contributed by atoms with Crippen LogP contribution < -0.4 is 20.9 Å². The average molecular weight is 395 g/mol. The number of carbonyl (C=O) groups excluding carboxylic acids is 2. The van der Waals surface area contributed by atoms with Crippen molar-refractivity contribution in [2.45, 2.75) is 33.7 Å². The summed E-state index contributed by atoms with van der Waals surface area (Å²) in [5, 5.41) is 8.52. The van der Waals surface area contributed by atoms with Crippen LogP contribution in [0.25, 0.3) is 0 Å². The molecular weight excluding hydrogens is 364 g/mol. The van der Waals surface area contributed by atoms with Crippen molar-refractivity contribution in [1.29, 1.82) is 0 Å². The Morgan fingerprint density at radius 1 is 1.07 bits per heavy atom. The average Bonchev–Trinajstić information content (AvgIpc) is 2.71. The van der Waals surface area contributed by atoms with E-state index in [0.29, 0.717) is 30.3 Å². The van der Waals surface area contributed by atoms with Crippen LogP contribution in [0.5, 0.6) is 0 Å². The number of urea groups is 1. The highest BCUT2D eigenvalue weighted by Gasteiger charge is 2.22. The molecule has 0 bridgehead atoms. The molecule has 3 amide bonds. The largest absolute Gasteiger partial charge is 0.366 e. The lowest BCUT2D eigenvalue weighted by Crippen LogP contribution is -2.34. The Morgan fingerprint density at radius 2 is 1.83 bits per heavy atom. The predicted octanol–water partition coefficient (Wildman–Crippen LogP) is 3.78. The normalized spacial score (nSPS) is 13.0. The molecule has 1 aliphatic heterocycles. The number of hydrogen-bond donors (Lipinski definition) is 3. The fourth-order valence-corrected chi connectivity index (χ4v) is 3.50. The molecule has 0 unspecified atom stereocenters. The van der Waals surface area contributed by atoms with E-state index < -0.39 is 0 Å². The van der Waals surface area contributed by atoms with Crippen LogP contribution in [0.2, 0.25) is 0 Å². The van der Waals surface area contributed by atoms with E-state index in [-0.39, 0.29) is 11.9 Å². The lowest BCUT2D eigenvalue weighted by Gasteiger charge is -2.32. The van der Waals surface area contributed by atoms with E-state index in [2.05, 4.69) is 59.0 Å². The van der Waals surface area contributed by atoms with Crippen molar-refractivity contribution in [2.75, 3.05) is 29.9 Å². The zero-order chi connectivity index (χ0) is 20.8. The Hall–Kier alpha value is -3.02. The third-order valence-corrected chi connectivity index (χ3v) is 4.98. The van der Waals surface area contributed by atoms with E-state index in [1.165, 1.54) is 11.1 Å². The smallest absolute Gasteiger partial charge is 0.319 e. The van der Waals surface area contributed by atoms with Gasteiger partial charge >= 0.3 is 6.03 Å². The minimum atomic E-state index is -0.277. The molecule has 1 heterocycles. The summed E-state index contributed by atoms with van der Waals surface area (Å²) in [7, 11) is 0. The van der Waals surface area contributed by atoms with Crippen molar-refractivity contribution >= 4 is 23.3 Å². The zero-order valence-corrected chi connectivity index (χ0v) is 17.4. The van der Waals surface area contributed by atoms with Gasteiger partial charge in [0.1, 0.15) is 0 Å². The second-order valence-corrected chi connectivity index (χ2v) is 7.76. The molecule has 1 aliphatic rings. The molecule has 0 radical (unpaired) electrons. The number of anilines is 2. The van der Waals surface area contributed by atoms with Gasteiger partial charge in [0.15, 0.2) is 0 Å². The second-order valence-electron chi connectivity index (χ2n) is 7.76. The van der Waals surface area contributed by atoms with Crippen molar-refractivity contribution in [3.05, 3.63) is 59.2 Å². The first-order valence-corrected chi connectivity index (χ1v) is 10.3. The first-order chi connectivity index (χ1) is 14.0. The van der Waals surface area contributed by atoms with Gasteiger partial charge < -0.3 is 20.9 Å². The number of carbonyl (C=O) groups is 2. The fourth-order valence-electron chi connectivity index (χ4n) is 3.50. The minimum absolute atomic E-state index is 0.118. The summed E-state index contributed by atoms with van der Waals surface area (Å²) in [5.74, 6) is 0.244. The van der Waals surface area contributed by atoms with E-state index in [4.69, 9.17) is 0 Å². The van der Waals surface area contributed by atoms with Gasteiger partial charge in [0.05, 0.1) is 5.56 Å². The molecular formula is C23H30N4O2. The summed E-state index contributed by atoms with van der Waals surface area (Å²) in [5.41, 5.74) is 4.73. The first kappa shape index (κ1) is 20.7. The molecule has 2 aromatic carbocycles. The van der Waals surface area contributed by atoms with Crippen LogP contribution in [-0.2, 0) is 13.0 Å². The molecule has 0 aliphatic carbocycles. The van der Waals surface area contributed by atoms with Crippen LogP contribution in [-0.4, -0.2) is 31.6 Å². The molecule has 29 heavy (non-hydrogen) atoms. The Balaban J connectivity index is 1.88. The van der Waals surface area contributed by atoms with Crippen LogP contribution in [0.3, 0.4) is 0 Å². The molecule has 6 nitrogen and oxygen atoms in total. The minimum Gasteiger partial charge on any atom is -0.366 e. The van der Waals surface area contributed by atoms with Gasteiger partial charge in [0, 0.05) is 37.6 Å².